The van der Waals surface area contributed by atoms with Gasteiger partial charge in [-0.1, -0.05) is 13.8 Å². The fourth-order valence-electron chi connectivity index (χ4n) is 4.39. The molecule has 0 aliphatic heterocycles. The first kappa shape index (κ1) is 28.8. The summed E-state index contributed by atoms with van der Waals surface area (Å²) in [6.07, 6.45) is 6.03. The Morgan fingerprint density at radius 1 is 1.33 bits per heavy atom. The fourth-order valence-corrected chi connectivity index (χ4v) is 5.48. The lowest BCUT2D eigenvalue weighted by molar-refractivity contribution is 0.0222. The van der Waals surface area contributed by atoms with Crippen LogP contribution < -0.4 is 0 Å². The highest BCUT2D eigenvalue weighted by Gasteiger charge is 2.38. The van der Waals surface area contributed by atoms with Crippen LogP contribution in [-0.4, -0.2) is 71.4 Å². The molecular formula is C24H44IN4O3P. The molecular weight excluding hydrogens is 550 g/mol. The lowest BCUT2D eigenvalue weighted by Gasteiger charge is -2.42. The fraction of sp³-hybridized carbons (Fsp3) is 0.833. The molecule has 1 aromatic heterocycles. The third kappa shape index (κ3) is 8.93. The molecule has 0 aromatic carbocycles. The summed E-state index contributed by atoms with van der Waals surface area (Å²) in [5.41, 5.74) is 2.39. The highest BCUT2D eigenvalue weighted by Crippen LogP contribution is 2.47. The Morgan fingerprint density at radius 3 is 2.64 bits per heavy atom. The van der Waals surface area contributed by atoms with Crippen LogP contribution in [0, 0.1) is 11.3 Å². The van der Waals surface area contributed by atoms with Crippen LogP contribution in [0.2, 0.25) is 0 Å². The maximum Gasteiger partial charge on any atom is 0.410 e. The third-order valence-corrected chi connectivity index (χ3v) is 8.48. The molecule has 1 aromatic rings. The van der Waals surface area contributed by atoms with Crippen molar-refractivity contribution in [1.29, 1.82) is 0 Å². The van der Waals surface area contributed by atoms with Crippen LogP contribution in [0.25, 0.3) is 0 Å². The summed E-state index contributed by atoms with van der Waals surface area (Å²) in [6, 6.07) is 0. The maximum absolute atomic E-state index is 12.3. The molecule has 190 valence electrons. The van der Waals surface area contributed by atoms with E-state index in [1.807, 2.05) is 20.8 Å². The minimum Gasteiger partial charge on any atom is -0.444 e. The van der Waals surface area contributed by atoms with Crippen molar-refractivity contribution in [1.82, 2.24) is 19.4 Å². The summed E-state index contributed by atoms with van der Waals surface area (Å²) in [7, 11) is 3.91. The Hall–Kier alpha value is -0.440. The average Bonchev–Trinajstić information content (AvgIpc) is 3.12. The van der Waals surface area contributed by atoms with Crippen LogP contribution in [-0.2, 0) is 16.0 Å². The predicted molar refractivity (Wildman–Crippen MR) is 146 cm³/mol. The van der Waals surface area contributed by atoms with Gasteiger partial charge in [0.15, 0.2) is 0 Å². The van der Waals surface area contributed by atoms with Gasteiger partial charge < -0.3 is 19.3 Å². The first-order valence-corrected chi connectivity index (χ1v) is 16.1. The van der Waals surface area contributed by atoms with Crippen molar-refractivity contribution in [2.24, 2.45) is 11.3 Å². The second-order valence-corrected chi connectivity index (χ2v) is 13.1. The smallest absolute Gasteiger partial charge is 0.410 e. The lowest BCUT2D eigenvalue weighted by Crippen LogP contribution is -2.38. The quantitative estimate of drug-likeness (QED) is 0.249. The first-order chi connectivity index (χ1) is 15.4. The van der Waals surface area contributed by atoms with E-state index in [2.05, 4.69) is 65.4 Å². The SMILES string of the molecule is CCOCC1CC(c2nn(PI)cc2CN(C)CCN(C)C(=O)OC(C)(C)C)CCC1(C)C. The number of hydrogen-bond donors (Lipinski definition) is 0. The van der Waals surface area contributed by atoms with Gasteiger partial charge in [0, 0.05) is 57.6 Å². The van der Waals surface area contributed by atoms with E-state index in [0.717, 1.165) is 32.7 Å². The Labute approximate surface area is 215 Å². The molecule has 1 amide bonds. The molecule has 0 bridgehead atoms. The molecule has 9 heteroatoms. The number of ether oxygens (including phenoxy) is 2. The topological polar surface area (TPSA) is 59.8 Å². The highest BCUT2D eigenvalue weighted by molar-refractivity contribution is 14.2. The molecule has 0 saturated heterocycles. The van der Waals surface area contributed by atoms with Crippen molar-refractivity contribution in [2.45, 2.75) is 78.9 Å². The maximum atomic E-state index is 12.3. The van der Waals surface area contributed by atoms with Gasteiger partial charge in [-0.15, -0.1) is 0 Å². The predicted octanol–water partition coefficient (Wildman–Crippen LogP) is 5.92. The molecule has 2 rings (SSSR count). The van der Waals surface area contributed by atoms with E-state index in [1.165, 1.54) is 24.1 Å². The number of nitrogens with zero attached hydrogens (tertiary/aromatic N) is 4. The molecule has 0 spiro atoms. The Morgan fingerprint density at radius 2 is 2.03 bits per heavy atom. The number of amides is 1. The van der Waals surface area contributed by atoms with E-state index < -0.39 is 5.60 Å². The second kappa shape index (κ2) is 12.5. The van der Waals surface area contributed by atoms with Gasteiger partial charge in [-0.3, -0.25) is 0 Å². The van der Waals surface area contributed by atoms with E-state index in [4.69, 9.17) is 14.6 Å². The second-order valence-electron chi connectivity index (χ2n) is 11.0. The zero-order chi connectivity index (χ0) is 24.8. The van der Waals surface area contributed by atoms with Crippen molar-refractivity contribution in [3.63, 3.8) is 0 Å². The molecule has 0 N–H and O–H groups in total. The number of carbonyl (C=O) groups excluding carboxylic acids is 1. The van der Waals surface area contributed by atoms with Gasteiger partial charge in [-0.2, -0.15) is 5.10 Å². The molecule has 33 heavy (non-hydrogen) atoms. The van der Waals surface area contributed by atoms with E-state index in [0.29, 0.717) is 30.2 Å². The molecule has 3 unspecified atom stereocenters. The Balaban J connectivity index is 2.03. The minimum absolute atomic E-state index is 0.277. The van der Waals surface area contributed by atoms with E-state index in [-0.39, 0.29) is 6.09 Å². The van der Waals surface area contributed by atoms with E-state index in [1.54, 1.807) is 11.9 Å². The van der Waals surface area contributed by atoms with Crippen LogP contribution in [0.1, 0.15) is 78.0 Å². The normalized spacial score (nSPS) is 21.2. The largest absolute Gasteiger partial charge is 0.444 e. The van der Waals surface area contributed by atoms with Crippen LogP contribution in [0.5, 0.6) is 0 Å². The molecule has 1 saturated carbocycles. The lowest BCUT2D eigenvalue weighted by atomic mass is 9.65. The molecule has 1 fully saturated rings. The van der Waals surface area contributed by atoms with Crippen molar-refractivity contribution in [3.8, 4) is 0 Å². The molecule has 0 radical (unpaired) electrons. The number of likely N-dealkylation sites (N-methyl/N-ethyl adjacent to an activating group) is 2. The summed E-state index contributed by atoms with van der Waals surface area (Å²) < 4.78 is 13.4. The van der Waals surface area contributed by atoms with Crippen molar-refractivity contribution in [3.05, 3.63) is 17.5 Å². The number of aromatic nitrogens is 2. The summed E-state index contributed by atoms with van der Waals surface area (Å²) in [5, 5.41) is 5.00. The van der Waals surface area contributed by atoms with Gasteiger partial charge in [0.1, 0.15) is 5.60 Å². The number of halogens is 1. The minimum atomic E-state index is -0.477. The number of carbonyl (C=O) groups is 1. The van der Waals surface area contributed by atoms with Gasteiger partial charge >= 0.3 is 6.09 Å². The number of rotatable bonds is 10. The summed E-state index contributed by atoms with van der Waals surface area (Å²) in [6.45, 7) is 16.3. The van der Waals surface area contributed by atoms with Gasteiger partial charge in [0.05, 0.1) is 12.1 Å². The van der Waals surface area contributed by atoms with Crippen molar-refractivity contribution < 1.29 is 14.3 Å². The van der Waals surface area contributed by atoms with Crippen LogP contribution in [0.15, 0.2) is 6.20 Å². The summed E-state index contributed by atoms with van der Waals surface area (Å²) in [5.74, 6) is 1.03. The monoisotopic (exact) mass is 594 g/mol. The summed E-state index contributed by atoms with van der Waals surface area (Å²) >= 11 is 2.40. The number of hydrogen-bond acceptors (Lipinski definition) is 5. The average molecular weight is 595 g/mol. The Bertz CT molecular complexity index is 765. The zero-order valence-electron chi connectivity index (χ0n) is 21.8. The molecule has 1 heterocycles. The van der Waals surface area contributed by atoms with Gasteiger partial charge in [-0.25, -0.2) is 9.25 Å². The standard InChI is InChI=1S/C24H44IN4O3P/c1-9-31-17-20-14-18(10-11-24(20,5)6)21-19(16-29(26-21)33-25)15-27(7)12-13-28(8)22(30)32-23(2,3)4/h16,18,20,33H,9-15,17H2,1-8H3. The molecule has 1 aliphatic carbocycles. The van der Waals surface area contributed by atoms with Gasteiger partial charge in [0.2, 0.25) is 0 Å². The third-order valence-electron chi connectivity index (χ3n) is 6.59. The van der Waals surface area contributed by atoms with Gasteiger partial charge in [0.25, 0.3) is 0 Å². The van der Waals surface area contributed by atoms with Gasteiger partial charge in [-0.05, 0) is 87.4 Å². The first-order valence-electron chi connectivity index (χ1n) is 12.0. The molecule has 3 atom stereocenters. The van der Waals surface area contributed by atoms with Crippen molar-refractivity contribution in [2.75, 3.05) is 40.4 Å². The summed E-state index contributed by atoms with van der Waals surface area (Å²) in [4.78, 5) is 16.2. The van der Waals surface area contributed by atoms with Crippen LogP contribution in [0.3, 0.4) is 0 Å². The van der Waals surface area contributed by atoms with E-state index in [9.17, 15) is 4.79 Å². The highest BCUT2D eigenvalue weighted by atomic mass is 127. The van der Waals surface area contributed by atoms with Crippen LogP contribution >= 0.6 is 28.4 Å². The molecule has 1 aliphatic rings. The zero-order valence-corrected chi connectivity index (χ0v) is 24.9. The van der Waals surface area contributed by atoms with Crippen LogP contribution in [0.4, 0.5) is 4.79 Å². The van der Waals surface area contributed by atoms with Crippen molar-refractivity contribution >= 4 is 34.5 Å². The molecule has 7 nitrogen and oxygen atoms in total. The Kier molecular flexibility index (Phi) is 10.9. The van der Waals surface area contributed by atoms with E-state index >= 15 is 0 Å².